The molecule has 16 heavy (non-hydrogen) atoms. The minimum atomic E-state index is 0.211. The van der Waals surface area contributed by atoms with Gasteiger partial charge in [-0.2, -0.15) is 0 Å². The van der Waals surface area contributed by atoms with Crippen LogP contribution >= 0.6 is 11.6 Å². The fourth-order valence-corrected chi connectivity index (χ4v) is 2.55. The second kappa shape index (κ2) is 5.17. The molecule has 88 valence electrons. The highest BCUT2D eigenvalue weighted by atomic mass is 35.5. The molecule has 0 spiro atoms. The molecule has 0 radical (unpaired) electrons. The third-order valence-corrected chi connectivity index (χ3v) is 3.69. The van der Waals surface area contributed by atoms with Crippen molar-refractivity contribution >= 4 is 11.6 Å². The van der Waals surface area contributed by atoms with Gasteiger partial charge in [0.05, 0.1) is 0 Å². The van der Waals surface area contributed by atoms with E-state index >= 15 is 0 Å². The fourth-order valence-electron chi connectivity index (χ4n) is 2.34. The Kier molecular flexibility index (Phi) is 3.85. The molecule has 0 unspecified atom stereocenters. The maximum absolute atomic E-state index is 6.00. The van der Waals surface area contributed by atoms with Gasteiger partial charge in [0.2, 0.25) is 0 Å². The third-order valence-electron chi connectivity index (χ3n) is 3.45. The Bertz CT molecular complexity index is 348. The lowest BCUT2D eigenvalue weighted by Gasteiger charge is -2.36. The summed E-state index contributed by atoms with van der Waals surface area (Å²) in [5.41, 5.74) is 7.42. The van der Waals surface area contributed by atoms with Crippen molar-refractivity contribution in [2.24, 2.45) is 11.1 Å². The second-order valence-corrected chi connectivity index (χ2v) is 5.06. The molecule has 1 saturated heterocycles. The summed E-state index contributed by atoms with van der Waals surface area (Å²) in [4.78, 5) is 0. The van der Waals surface area contributed by atoms with E-state index in [0.29, 0.717) is 0 Å². The molecule has 1 aliphatic rings. The van der Waals surface area contributed by atoms with Crippen LogP contribution in [0.1, 0.15) is 18.4 Å². The third kappa shape index (κ3) is 2.76. The molecule has 1 fully saturated rings. The Labute approximate surface area is 102 Å². The van der Waals surface area contributed by atoms with Crippen molar-refractivity contribution in [3.63, 3.8) is 0 Å². The Morgan fingerprint density at radius 1 is 1.31 bits per heavy atom. The molecule has 1 aromatic carbocycles. The lowest BCUT2D eigenvalue weighted by atomic mass is 9.75. The molecule has 1 aliphatic heterocycles. The maximum Gasteiger partial charge on any atom is 0.0471 e. The summed E-state index contributed by atoms with van der Waals surface area (Å²) in [7, 11) is 0. The number of halogens is 1. The smallest absolute Gasteiger partial charge is 0.0471 e. The van der Waals surface area contributed by atoms with Gasteiger partial charge in [0, 0.05) is 18.2 Å². The number of benzene rings is 1. The summed E-state index contributed by atoms with van der Waals surface area (Å²) < 4.78 is 5.41. The molecule has 2 nitrogen and oxygen atoms in total. The topological polar surface area (TPSA) is 35.2 Å². The van der Waals surface area contributed by atoms with E-state index in [9.17, 15) is 0 Å². The number of ether oxygens (including phenoxy) is 1. The number of hydrogen-bond donors (Lipinski definition) is 1. The van der Waals surface area contributed by atoms with Gasteiger partial charge >= 0.3 is 0 Å². The fraction of sp³-hybridized carbons (Fsp3) is 0.538. The molecule has 0 aliphatic carbocycles. The van der Waals surface area contributed by atoms with Crippen molar-refractivity contribution in [3.8, 4) is 0 Å². The van der Waals surface area contributed by atoms with Crippen LogP contribution in [0.15, 0.2) is 24.3 Å². The zero-order valence-electron chi connectivity index (χ0n) is 9.42. The van der Waals surface area contributed by atoms with Crippen LogP contribution in [-0.4, -0.2) is 19.8 Å². The first-order chi connectivity index (χ1) is 7.74. The first-order valence-electron chi connectivity index (χ1n) is 5.76. The first-order valence-corrected chi connectivity index (χ1v) is 6.14. The van der Waals surface area contributed by atoms with Crippen LogP contribution in [0, 0.1) is 5.41 Å². The van der Waals surface area contributed by atoms with Gasteiger partial charge in [-0.05, 0) is 48.9 Å². The first kappa shape index (κ1) is 11.9. The summed E-state index contributed by atoms with van der Waals surface area (Å²) in [5, 5.41) is 0.803. The van der Waals surface area contributed by atoms with E-state index in [0.717, 1.165) is 44.0 Å². The summed E-state index contributed by atoms with van der Waals surface area (Å²) in [6, 6.07) is 8.07. The van der Waals surface area contributed by atoms with Crippen LogP contribution in [0.3, 0.4) is 0 Å². The van der Waals surface area contributed by atoms with Gasteiger partial charge in [0.15, 0.2) is 0 Å². The molecule has 3 heteroatoms. The molecule has 0 atom stereocenters. The van der Waals surface area contributed by atoms with Crippen LogP contribution < -0.4 is 5.73 Å². The Hall–Kier alpha value is -0.570. The molecule has 0 bridgehead atoms. The summed E-state index contributed by atoms with van der Waals surface area (Å²) in [5.74, 6) is 0. The normalized spacial score (nSPS) is 19.6. The van der Waals surface area contributed by atoms with Crippen LogP contribution in [0.4, 0.5) is 0 Å². The van der Waals surface area contributed by atoms with E-state index in [2.05, 4.69) is 6.07 Å². The highest BCUT2D eigenvalue weighted by Crippen LogP contribution is 2.33. The molecular formula is C13H18ClNO. The average molecular weight is 240 g/mol. The van der Waals surface area contributed by atoms with E-state index in [-0.39, 0.29) is 5.41 Å². The van der Waals surface area contributed by atoms with Crippen LogP contribution in [0.5, 0.6) is 0 Å². The predicted octanol–water partition coefficient (Wildman–Crippen LogP) is 2.64. The van der Waals surface area contributed by atoms with Crippen molar-refractivity contribution in [1.29, 1.82) is 0 Å². The largest absolute Gasteiger partial charge is 0.381 e. The Balaban J connectivity index is 2.11. The van der Waals surface area contributed by atoms with Gasteiger partial charge in [-0.1, -0.05) is 23.7 Å². The monoisotopic (exact) mass is 239 g/mol. The van der Waals surface area contributed by atoms with Crippen LogP contribution in [0.25, 0.3) is 0 Å². The van der Waals surface area contributed by atoms with Gasteiger partial charge in [-0.15, -0.1) is 0 Å². The van der Waals surface area contributed by atoms with Crippen molar-refractivity contribution in [2.75, 3.05) is 19.8 Å². The molecule has 1 heterocycles. The van der Waals surface area contributed by atoms with Crippen LogP contribution in [-0.2, 0) is 11.2 Å². The van der Waals surface area contributed by atoms with Gasteiger partial charge in [-0.3, -0.25) is 0 Å². The van der Waals surface area contributed by atoms with Crippen molar-refractivity contribution in [2.45, 2.75) is 19.3 Å². The van der Waals surface area contributed by atoms with E-state index in [4.69, 9.17) is 22.1 Å². The van der Waals surface area contributed by atoms with Gasteiger partial charge < -0.3 is 10.5 Å². The summed E-state index contributed by atoms with van der Waals surface area (Å²) >= 11 is 6.00. The molecule has 2 rings (SSSR count). The maximum atomic E-state index is 6.00. The molecule has 1 aromatic rings. The zero-order chi connectivity index (χ0) is 11.4. The van der Waals surface area contributed by atoms with Gasteiger partial charge in [0.1, 0.15) is 0 Å². The summed E-state index contributed by atoms with van der Waals surface area (Å²) in [6.45, 7) is 2.39. The number of rotatable bonds is 3. The minimum absolute atomic E-state index is 0.211. The lowest BCUT2D eigenvalue weighted by molar-refractivity contribution is 0.0191. The second-order valence-electron chi connectivity index (χ2n) is 4.62. The quantitative estimate of drug-likeness (QED) is 0.880. The Morgan fingerprint density at radius 2 is 2.06 bits per heavy atom. The van der Waals surface area contributed by atoms with Crippen LogP contribution in [0.2, 0.25) is 5.02 Å². The molecule has 0 saturated carbocycles. The van der Waals surface area contributed by atoms with Gasteiger partial charge in [-0.25, -0.2) is 0 Å². The number of nitrogens with two attached hydrogens (primary N) is 1. The zero-order valence-corrected chi connectivity index (χ0v) is 10.2. The molecule has 0 aromatic heterocycles. The molecular weight excluding hydrogens is 222 g/mol. The SMILES string of the molecule is NCC1(Cc2cccc(Cl)c2)CCOCC1. The summed E-state index contributed by atoms with van der Waals surface area (Å²) in [6.07, 6.45) is 3.11. The lowest BCUT2D eigenvalue weighted by Crippen LogP contribution is -2.38. The Morgan fingerprint density at radius 3 is 2.69 bits per heavy atom. The number of hydrogen-bond acceptors (Lipinski definition) is 2. The van der Waals surface area contributed by atoms with E-state index in [1.165, 1.54) is 5.56 Å². The van der Waals surface area contributed by atoms with Gasteiger partial charge in [0.25, 0.3) is 0 Å². The van der Waals surface area contributed by atoms with Crippen molar-refractivity contribution in [3.05, 3.63) is 34.9 Å². The minimum Gasteiger partial charge on any atom is -0.381 e. The molecule has 2 N–H and O–H groups in total. The van der Waals surface area contributed by atoms with E-state index in [1.54, 1.807) is 0 Å². The van der Waals surface area contributed by atoms with Crippen molar-refractivity contribution in [1.82, 2.24) is 0 Å². The predicted molar refractivity (Wildman–Crippen MR) is 66.7 cm³/mol. The van der Waals surface area contributed by atoms with E-state index in [1.807, 2.05) is 18.2 Å². The highest BCUT2D eigenvalue weighted by molar-refractivity contribution is 6.30. The average Bonchev–Trinajstić information content (AvgIpc) is 2.30. The molecule has 0 amide bonds. The van der Waals surface area contributed by atoms with E-state index < -0.39 is 0 Å². The highest BCUT2D eigenvalue weighted by Gasteiger charge is 2.31. The standard InChI is InChI=1S/C13H18ClNO/c14-12-3-1-2-11(8-12)9-13(10-15)4-6-16-7-5-13/h1-3,8H,4-7,9-10,15H2. The van der Waals surface area contributed by atoms with Crippen molar-refractivity contribution < 1.29 is 4.74 Å².